The first-order valence-corrected chi connectivity index (χ1v) is 4.45. The van der Waals surface area contributed by atoms with Crippen LogP contribution in [0.15, 0.2) is 12.2 Å². The normalized spacial score (nSPS) is 15.2. The largest absolute Gasteiger partial charge is 0.382 e. The standard InChI is InChI=1S/C6H11O5P/c1-4(2)6(8)5(7)3-11-12(9)10/h5,7,12H,1,3H2,2H3,(H,9,10). The summed E-state index contributed by atoms with van der Waals surface area (Å²) in [5, 5.41) is 8.97. The minimum atomic E-state index is -3.08. The summed E-state index contributed by atoms with van der Waals surface area (Å²) >= 11 is 0. The van der Waals surface area contributed by atoms with Crippen molar-refractivity contribution in [3.63, 3.8) is 0 Å². The van der Waals surface area contributed by atoms with Gasteiger partial charge in [-0.25, -0.2) is 0 Å². The van der Waals surface area contributed by atoms with Crippen molar-refractivity contribution in [2.75, 3.05) is 6.61 Å². The molecule has 12 heavy (non-hydrogen) atoms. The van der Waals surface area contributed by atoms with E-state index in [4.69, 9.17) is 10.00 Å². The zero-order valence-corrected chi connectivity index (χ0v) is 7.61. The summed E-state index contributed by atoms with van der Waals surface area (Å²) in [7, 11) is -3.08. The van der Waals surface area contributed by atoms with Gasteiger partial charge in [-0.15, -0.1) is 0 Å². The fourth-order valence-electron chi connectivity index (χ4n) is 0.510. The van der Waals surface area contributed by atoms with Crippen LogP contribution in [0.25, 0.3) is 0 Å². The monoisotopic (exact) mass is 194 g/mol. The SMILES string of the molecule is C=C(C)C(=O)C(O)CO[PH](=O)O. The van der Waals surface area contributed by atoms with Crippen molar-refractivity contribution >= 4 is 14.0 Å². The zero-order chi connectivity index (χ0) is 9.72. The molecule has 0 fully saturated rings. The molecule has 0 spiro atoms. The Morgan fingerprint density at radius 2 is 2.25 bits per heavy atom. The van der Waals surface area contributed by atoms with Gasteiger partial charge >= 0.3 is 8.25 Å². The highest BCUT2D eigenvalue weighted by molar-refractivity contribution is 7.32. The third-order valence-corrected chi connectivity index (χ3v) is 1.50. The maximum Gasteiger partial charge on any atom is 0.316 e. The Bertz CT molecular complexity index is 212. The van der Waals surface area contributed by atoms with E-state index >= 15 is 0 Å². The second kappa shape index (κ2) is 5.22. The molecule has 0 aromatic carbocycles. The third-order valence-electron chi connectivity index (χ3n) is 1.09. The fourth-order valence-corrected chi connectivity index (χ4v) is 0.811. The van der Waals surface area contributed by atoms with Crippen LogP contribution < -0.4 is 0 Å². The number of carbonyl (C=O) groups is 1. The van der Waals surface area contributed by atoms with Crippen molar-refractivity contribution in [2.24, 2.45) is 0 Å². The van der Waals surface area contributed by atoms with Crippen LogP contribution in [0.3, 0.4) is 0 Å². The van der Waals surface area contributed by atoms with Gasteiger partial charge in [-0.1, -0.05) is 6.58 Å². The van der Waals surface area contributed by atoms with Crippen LogP contribution in [0.4, 0.5) is 0 Å². The summed E-state index contributed by atoms with van der Waals surface area (Å²) in [5.41, 5.74) is 0.184. The molecule has 2 N–H and O–H groups in total. The Balaban J connectivity index is 3.87. The van der Waals surface area contributed by atoms with Crippen LogP contribution >= 0.6 is 8.25 Å². The highest BCUT2D eigenvalue weighted by atomic mass is 31.1. The molecule has 0 rings (SSSR count). The van der Waals surface area contributed by atoms with Crippen molar-refractivity contribution in [3.05, 3.63) is 12.2 Å². The average molecular weight is 194 g/mol. The topological polar surface area (TPSA) is 83.8 Å². The summed E-state index contributed by atoms with van der Waals surface area (Å²) in [6, 6.07) is 0. The molecule has 2 unspecified atom stereocenters. The van der Waals surface area contributed by atoms with E-state index in [2.05, 4.69) is 11.1 Å². The van der Waals surface area contributed by atoms with Gasteiger partial charge in [-0.3, -0.25) is 9.36 Å². The summed E-state index contributed by atoms with van der Waals surface area (Å²) in [6.07, 6.45) is -1.40. The molecule has 0 aromatic heterocycles. The Morgan fingerprint density at radius 3 is 2.58 bits per heavy atom. The fraction of sp³-hybridized carbons (Fsp3) is 0.500. The van der Waals surface area contributed by atoms with E-state index in [-0.39, 0.29) is 5.57 Å². The number of hydrogen-bond donors (Lipinski definition) is 2. The molecular weight excluding hydrogens is 183 g/mol. The number of carbonyl (C=O) groups excluding carboxylic acids is 1. The van der Waals surface area contributed by atoms with Crippen LogP contribution in [-0.2, 0) is 13.9 Å². The van der Waals surface area contributed by atoms with Gasteiger partial charge in [0.25, 0.3) is 0 Å². The summed E-state index contributed by atoms with van der Waals surface area (Å²) in [5.74, 6) is -0.585. The number of aliphatic hydroxyl groups excluding tert-OH is 1. The Kier molecular flexibility index (Phi) is 5.01. The lowest BCUT2D eigenvalue weighted by Crippen LogP contribution is -2.25. The Hall–Kier alpha value is -0.480. The molecule has 0 aliphatic carbocycles. The molecule has 0 heterocycles. The van der Waals surface area contributed by atoms with Gasteiger partial charge in [0.15, 0.2) is 5.78 Å². The van der Waals surface area contributed by atoms with Crippen molar-refractivity contribution in [1.82, 2.24) is 0 Å². The molecule has 0 saturated carbocycles. The molecule has 5 nitrogen and oxygen atoms in total. The minimum Gasteiger partial charge on any atom is -0.382 e. The molecule has 0 saturated heterocycles. The van der Waals surface area contributed by atoms with Gasteiger partial charge in [-0.05, 0) is 12.5 Å². The van der Waals surface area contributed by atoms with Crippen molar-refractivity contribution < 1.29 is 23.9 Å². The van der Waals surface area contributed by atoms with Crippen LogP contribution in [0.1, 0.15) is 6.92 Å². The number of rotatable bonds is 5. The first kappa shape index (κ1) is 11.5. The molecule has 0 radical (unpaired) electrons. The highest BCUT2D eigenvalue weighted by Crippen LogP contribution is 2.14. The summed E-state index contributed by atoms with van der Waals surface area (Å²) < 4.78 is 14.2. The molecular formula is C6H11O5P. The van der Waals surface area contributed by atoms with E-state index in [9.17, 15) is 9.36 Å². The number of hydrogen-bond acceptors (Lipinski definition) is 4. The third kappa shape index (κ3) is 4.41. The Morgan fingerprint density at radius 1 is 1.75 bits per heavy atom. The van der Waals surface area contributed by atoms with Gasteiger partial charge in [0.1, 0.15) is 6.10 Å². The lowest BCUT2D eigenvalue weighted by Gasteiger charge is -2.07. The van der Waals surface area contributed by atoms with E-state index in [0.717, 1.165) is 0 Å². The summed E-state index contributed by atoms with van der Waals surface area (Å²) in [4.78, 5) is 19.1. The number of aliphatic hydroxyl groups is 1. The minimum absolute atomic E-state index is 0.184. The predicted octanol–water partition coefficient (Wildman–Crippen LogP) is -0.109. The summed E-state index contributed by atoms with van der Waals surface area (Å²) in [6.45, 7) is 4.27. The molecule has 0 aliphatic rings. The van der Waals surface area contributed by atoms with Gasteiger partial charge in [0.2, 0.25) is 0 Å². The van der Waals surface area contributed by atoms with Crippen molar-refractivity contribution in [3.8, 4) is 0 Å². The highest BCUT2D eigenvalue weighted by Gasteiger charge is 2.15. The average Bonchev–Trinajstić information content (AvgIpc) is 1.98. The smallest absolute Gasteiger partial charge is 0.316 e. The van der Waals surface area contributed by atoms with E-state index in [1.165, 1.54) is 6.92 Å². The van der Waals surface area contributed by atoms with Gasteiger partial charge in [0.05, 0.1) is 6.61 Å². The van der Waals surface area contributed by atoms with E-state index in [1.54, 1.807) is 0 Å². The number of ketones is 1. The van der Waals surface area contributed by atoms with Crippen LogP contribution in [0.2, 0.25) is 0 Å². The van der Waals surface area contributed by atoms with Gasteiger partial charge in [0, 0.05) is 0 Å². The van der Waals surface area contributed by atoms with Gasteiger partial charge in [-0.2, -0.15) is 0 Å². The molecule has 0 amide bonds. The lowest BCUT2D eigenvalue weighted by molar-refractivity contribution is -0.124. The van der Waals surface area contributed by atoms with Crippen LogP contribution in [0.5, 0.6) is 0 Å². The maximum atomic E-state index is 10.9. The van der Waals surface area contributed by atoms with Crippen LogP contribution in [0, 0.1) is 0 Å². The lowest BCUT2D eigenvalue weighted by atomic mass is 10.1. The molecule has 70 valence electrons. The number of Topliss-reactive ketones (excluding diaryl/α,β-unsaturated/α-hetero) is 1. The second-order valence-corrected chi connectivity index (χ2v) is 3.06. The second-order valence-electron chi connectivity index (χ2n) is 2.24. The van der Waals surface area contributed by atoms with Gasteiger partial charge < -0.3 is 14.5 Å². The quantitative estimate of drug-likeness (QED) is 0.471. The molecule has 0 bridgehead atoms. The first-order valence-electron chi connectivity index (χ1n) is 3.18. The predicted molar refractivity (Wildman–Crippen MR) is 43.0 cm³/mol. The zero-order valence-electron chi connectivity index (χ0n) is 6.61. The maximum absolute atomic E-state index is 10.9. The van der Waals surface area contributed by atoms with E-state index < -0.39 is 26.7 Å². The molecule has 0 aromatic rings. The van der Waals surface area contributed by atoms with Crippen molar-refractivity contribution in [1.29, 1.82) is 0 Å². The Labute approximate surface area is 70.6 Å². The van der Waals surface area contributed by atoms with Crippen molar-refractivity contribution in [2.45, 2.75) is 13.0 Å². The van der Waals surface area contributed by atoms with Crippen LogP contribution in [-0.4, -0.2) is 28.5 Å². The molecule has 0 aliphatic heterocycles. The van der Waals surface area contributed by atoms with E-state index in [1.807, 2.05) is 0 Å². The molecule has 6 heteroatoms. The van der Waals surface area contributed by atoms with E-state index in [0.29, 0.717) is 0 Å². The first-order chi connectivity index (χ1) is 5.45. The molecule has 2 atom stereocenters.